The summed E-state index contributed by atoms with van der Waals surface area (Å²) in [6.07, 6.45) is 0. The summed E-state index contributed by atoms with van der Waals surface area (Å²) in [5.74, 6) is -3.60. The molecule has 0 spiro atoms. The van der Waals surface area contributed by atoms with E-state index in [0.29, 0.717) is 4.57 Å². The quantitative estimate of drug-likeness (QED) is 0.551. The molecule has 4 N–H and O–H groups in total. The van der Waals surface area contributed by atoms with Crippen LogP contribution in [0.1, 0.15) is 10.4 Å². The molecule has 0 radical (unpaired) electrons. The molecule has 0 amide bonds. The van der Waals surface area contributed by atoms with E-state index >= 15 is 0 Å². The SMILES string of the molecule is Cn1c(O)c(-c2cc(O)c(O)cc2C(=O)O)c(=O)n(C)c1=O. The van der Waals surface area contributed by atoms with Crippen molar-refractivity contribution in [3.8, 4) is 28.5 Å². The van der Waals surface area contributed by atoms with E-state index in [1.54, 1.807) is 0 Å². The van der Waals surface area contributed by atoms with Crippen molar-refractivity contribution in [1.29, 1.82) is 0 Å². The molecule has 9 nitrogen and oxygen atoms in total. The smallest absolute Gasteiger partial charge is 0.336 e. The third-order valence-electron chi connectivity index (χ3n) is 3.25. The van der Waals surface area contributed by atoms with Gasteiger partial charge in [0.05, 0.1) is 5.56 Å². The highest BCUT2D eigenvalue weighted by atomic mass is 16.4. The van der Waals surface area contributed by atoms with E-state index in [9.17, 15) is 29.7 Å². The summed E-state index contributed by atoms with van der Waals surface area (Å²) in [4.78, 5) is 35.1. The van der Waals surface area contributed by atoms with Crippen molar-refractivity contribution in [2.24, 2.45) is 14.1 Å². The van der Waals surface area contributed by atoms with Crippen LogP contribution in [0.15, 0.2) is 21.7 Å². The highest BCUT2D eigenvalue weighted by molar-refractivity contribution is 5.97. The molecule has 0 aliphatic rings. The van der Waals surface area contributed by atoms with E-state index in [1.165, 1.54) is 7.05 Å². The lowest BCUT2D eigenvalue weighted by Crippen LogP contribution is -2.37. The summed E-state index contributed by atoms with van der Waals surface area (Å²) in [6, 6.07) is 1.58. The van der Waals surface area contributed by atoms with Gasteiger partial charge in [0.1, 0.15) is 5.56 Å². The number of carbonyl (C=O) groups is 1. The first kappa shape index (κ1) is 15.2. The van der Waals surface area contributed by atoms with Crippen LogP contribution in [-0.2, 0) is 14.1 Å². The third-order valence-corrected chi connectivity index (χ3v) is 3.25. The molecule has 0 aliphatic carbocycles. The molecule has 1 aromatic carbocycles. The van der Waals surface area contributed by atoms with Crippen LogP contribution in [0.25, 0.3) is 11.1 Å². The second kappa shape index (κ2) is 4.95. The third kappa shape index (κ3) is 2.08. The van der Waals surface area contributed by atoms with E-state index in [0.717, 1.165) is 23.7 Å². The first-order chi connectivity index (χ1) is 10.2. The highest BCUT2D eigenvalue weighted by Gasteiger charge is 2.23. The van der Waals surface area contributed by atoms with Crippen molar-refractivity contribution < 1.29 is 25.2 Å². The maximum atomic E-state index is 12.2. The number of hydrogen-bond donors (Lipinski definition) is 4. The number of aromatic nitrogens is 2. The number of hydrogen-bond acceptors (Lipinski definition) is 6. The fourth-order valence-electron chi connectivity index (χ4n) is 2.03. The van der Waals surface area contributed by atoms with Crippen LogP contribution in [-0.4, -0.2) is 35.5 Å². The standard InChI is InChI=1S/C13H12N2O7/c1-14-10(18)9(11(19)15(2)13(14)22)5-3-7(16)8(17)4-6(5)12(20)21/h3-4,16-18H,1-2H3,(H,20,21). The predicted octanol–water partition coefficient (Wildman–Crippen LogP) is -0.434. The Balaban J connectivity index is 3.01. The number of carboxylic acids is 1. The van der Waals surface area contributed by atoms with Gasteiger partial charge in [-0.05, 0) is 12.1 Å². The number of benzene rings is 1. The molecule has 1 heterocycles. The van der Waals surface area contributed by atoms with Gasteiger partial charge in [0.15, 0.2) is 11.5 Å². The molecule has 0 aliphatic heterocycles. The lowest BCUT2D eigenvalue weighted by molar-refractivity contribution is 0.0697. The second-order valence-corrected chi connectivity index (χ2v) is 4.60. The fraction of sp³-hybridized carbons (Fsp3) is 0.154. The molecule has 116 valence electrons. The Labute approximate surface area is 122 Å². The van der Waals surface area contributed by atoms with Gasteiger partial charge in [-0.2, -0.15) is 0 Å². The van der Waals surface area contributed by atoms with Crippen molar-refractivity contribution >= 4 is 5.97 Å². The van der Waals surface area contributed by atoms with E-state index in [-0.39, 0.29) is 5.56 Å². The molecule has 0 fully saturated rings. The molecular weight excluding hydrogens is 296 g/mol. The second-order valence-electron chi connectivity index (χ2n) is 4.60. The van der Waals surface area contributed by atoms with Crippen molar-refractivity contribution in [2.75, 3.05) is 0 Å². The van der Waals surface area contributed by atoms with Crippen LogP contribution in [0, 0.1) is 0 Å². The zero-order valence-corrected chi connectivity index (χ0v) is 11.6. The molecule has 0 atom stereocenters. The molecule has 2 aromatic rings. The van der Waals surface area contributed by atoms with Crippen LogP contribution in [0.3, 0.4) is 0 Å². The minimum absolute atomic E-state index is 0.323. The maximum absolute atomic E-state index is 12.2. The Morgan fingerprint density at radius 2 is 1.55 bits per heavy atom. The largest absolute Gasteiger partial charge is 0.504 e. The normalized spacial score (nSPS) is 10.6. The number of nitrogens with zero attached hydrogens (tertiary/aromatic N) is 2. The number of phenols is 2. The lowest BCUT2D eigenvalue weighted by atomic mass is 10.00. The van der Waals surface area contributed by atoms with Gasteiger partial charge in [0.2, 0.25) is 5.88 Å². The summed E-state index contributed by atoms with van der Waals surface area (Å²) in [6.45, 7) is 0. The Bertz CT molecular complexity index is 908. The van der Waals surface area contributed by atoms with E-state index in [2.05, 4.69) is 0 Å². The van der Waals surface area contributed by atoms with Gasteiger partial charge in [-0.3, -0.25) is 13.9 Å². The number of rotatable bonds is 2. The molecule has 22 heavy (non-hydrogen) atoms. The maximum Gasteiger partial charge on any atom is 0.336 e. The van der Waals surface area contributed by atoms with E-state index in [1.807, 2.05) is 0 Å². The van der Waals surface area contributed by atoms with Crippen molar-refractivity contribution in [3.05, 3.63) is 38.5 Å². The van der Waals surface area contributed by atoms with Crippen molar-refractivity contribution in [2.45, 2.75) is 0 Å². The monoisotopic (exact) mass is 308 g/mol. The Morgan fingerprint density at radius 1 is 1.00 bits per heavy atom. The summed E-state index contributed by atoms with van der Waals surface area (Å²) in [5.41, 5.74) is -3.05. The first-order valence-electron chi connectivity index (χ1n) is 5.95. The van der Waals surface area contributed by atoms with Gasteiger partial charge in [0, 0.05) is 19.7 Å². The number of aromatic hydroxyl groups is 3. The molecule has 0 unspecified atom stereocenters. The number of aromatic carboxylic acids is 1. The lowest BCUT2D eigenvalue weighted by Gasteiger charge is -2.13. The summed E-state index contributed by atoms with van der Waals surface area (Å²) in [5, 5.41) is 38.1. The zero-order chi connectivity index (χ0) is 16.8. The molecule has 2 rings (SSSR count). The van der Waals surface area contributed by atoms with Gasteiger partial charge in [-0.15, -0.1) is 0 Å². The summed E-state index contributed by atoms with van der Waals surface area (Å²) < 4.78 is 1.44. The van der Waals surface area contributed by atoms with E-state index in [4.69, 9.17) is 5.11 Å². The Morgan fingerprint density at radius 3 is 2.09 bits per heavy atom. The van der Waals surface area contributed by atoms with Crippen LogP contribution in [0.5, 0.6) is 17.4 Å². The number of phenolic OH excluding ortho intramolecular Hbond substituents is 2. The fourth-order valence-corrected chi connectivity index (χ4v) is 2.03. The van der Waals surface area contributed by atoms with Crippen LogP contribution >= 0.6 is 0 Å². The minimum Gasteiger partial charge on any atom is -0.504 e. The molecule has 0 saturated heterocycles. The first-order valence-corrected chi connectivity index (χ1v) is 5.95. The summed E-state index contributed by atoms with van der Waals surface area (Å²) >= 11 is 0. The average molecular weight is 308 g/mol. The summed E-state index contributed by atoms with van der Waals surface area (Å²) in [7, 11) is 2.36. The molecular formula is C13H12N2O7. The molecule has 0 bridgehead atoms. The van der Waals surface area contributed by atoms with Gasteiger partial charge in [-0.25, -0.2) is 9.59 Å². The van der Waals surface area contributed by atoms with Crippen molar-refractivity contribution in [1.82, 2.24) is 9.13 Å². The molecule has 9 heteroatoms. The highest BCUT2D eigenvalue weighted by Crippen LogP contribution is 2.35. The Hall–Kier alpha value is -3.23. The van der Waals surface area contributed by atoms with Crippen LogP contribution in [0.2, 0.25) is 0 Å². The topological polar surface area (TPSA) is 142 Å². The van der Waals surface area contributed by atoms with Crippen LogP contribution in [0.4, 0.5) is 0 Å². The average Bonchev–Trinajstić information content (AvgIpc) is 2.46. The van der Waals surface area contributed by atoms with Gasteiger partial charge >= 0.3 is 11.7 Å². The molecule has 0 saturated carbocycles. The van der Waals surface area contributed by atoms with Gasteiger partial charge in [0.25, 0.3) is 5.56 Å². The Kier molecular flexibility index (Phi) is 3.41. The minimum atomic E-state index is -1.49. The van der Waals surface area contributed by atoms with E-state index < -0.39 is 45.7 Å². The van der Waals surface area contributed by atoms with Gasteiger partial charge in [-0.1, -0.05) is 0 Å². The van der Waals surface area contributed by atoms with Crippen molar-refractivity contribution in [3.63, 3.8) is 0 Å². The predicted molar refractivity (Wildman–Crippen MR) is 74.3 cm³/mol. The zero-order valence-electron chi connectivity index (χ0n) is 11.6. The number of carboxylic acid groups (broad SMARTS) is 1. The van der Waals surface area contributed by atoms with Gasteiger partial charge < -0.3 is 20.4 Å². The molecule has 1 aromatic heterocycles. The van der Waals surface area contributed by atoms with Crippen LogP contribution < -0.4 is 11.2 Å².